The Morgan fingerprint density at radius 2 is 1.68 bits per heavy atom. The quantitative estimate of drug-likeness (QED) is 0.294. The first-order valence-corrected chi connectivity index (χ1v) is 12.9. The highest BCUT2D eigenvalue weighted by Crippen LogP contribution is 3.02. The SMILES string of the molecule is CCOc1cc(C(=O)N(CC)CC)c2nn(CC(=O)c3cc(OC)cc(S(F)(F)(F)(F)F)c3)c(=N)n2n1. The van der Waals surface area contributed by atoms with Crippen LogP contribution in [-0.2, 0) is 6.54 Å². The molecule has 16 heteroatoms. The van der Waals surface area contributed by atoms with Gasteiger partial charge in [0.1, 0.15) is 17.2 Å². The summed E-state index contributed by atoms with van der Waals surface area (Å²) in [5, 5.41) is 16.6. The molecular weight excluding hydrogens is 527 g/mol. The van der Waals surface area contributed by atoms with E-state index in [0.717, 1.165) is 22.4 Å². The average molecular weight is 553 g/mol. The molecule has 1 aromatic carbocycles. The van der Waals surface area contributed by atoms with Gasteiger partial charge in [-0.25, -0.2) is 4.68 Å². The molecule has 0 radical (unpaired) electrons. The van der Waals surface area contributed by atoms with Crippen molar-refractivity contribution in [3.63, 3.8) is 0 Å². The van der Waals surface area contributed by atoms with E-state index >= 15 is 0 Å². The van der Waals surface area contributed by atoms with Gasteiger partial charge in [-0.15, -0.1) is 10.2 Å². The fourth-order valence-corrected chi connectivity index (χ4v) is 4.15. The third kappa shape index (κ3) is 5.84. The maximum Gasteiger partial charge on any atom is 0.310 e. The molecule has 0 saturated carbocycles. The molecule has 3 rings (SSSR count). The maximum absolute atomic E-state index is 13.4. The molecule has 0 saturated heterocycles. The summed E-state index contributed by atoms with van der Waals surface area (Å²) in [6.45, 7) is 5.33. The molecule has 3 aromatic rings. The normalized spacial score (nSPS) is 13.6. The van der Waals surface area contributed by atoms with Gasteiger partial charge in [-0.1, -0.05) is 19.4 Å². The monoisotopic (exact) mass is 552 g/mol. The number of hydrogen-bond donors (Lipinski definition) is 1. The molecule has 2 heterocycles. The number of Topliss-reactive ketones (excluding diaryl/α,β-unsaturated/α-hetero) is 1. The highest BCUT2D eigenvalue weighted by molar-refractivity contribution is 8.45. The third-order valence-electron chi connectivity index (χ3n) is 5.32. The number of ketones is 1. The highest BCUT2D eigenvalue weighted by Gasteiger charge is 2.65. The summed E-state index contributed by atoms with van der Waals surface area (Å²) in [7, 11) is -9.16. The van der Waals surface area contributed by atoms with E-state index in [2.05, 4.69) is 14.9 Å². The van der Waals surface area contributed by atoms with Gasteiger partial charge in [-0.2, -0.15) is 4.52 Å². The molecule has 10 nitrogen and oxygen atoms in total. The standard InChI is InChI=1S/C21H25F5N6O4S/c1-5-30(6-2)20(34)16-11-18(36-7-3)28-32-19(16)29-31(21(32)27)12-17(33)13-8-14(35-4)10-15(9-13)37(22,23,24,25)26/h8-11,27H,5-7,12H2,1-4H3. The summed E-state index contributed by atoms with van der Waals surface area (Å²) in [4.78, 5) is 25.1. The summed E-state index contributed by atoms with van der Waals surface area (Å²) in [5.74, 6) is -2.11. The van der Waals surface area contributed by atoms with E-state index in [1.165, 1.54) is 11.0 Å². The van der Waals surface area contributed by atoms with E-state index < -0.39 is 50.3 Å². The van der Waals surface area contributed by atoms with E-state index in [4.69, 9.17) is 10.1 Å². The smallest absolute Gasteiger partial charge is 0.310 e. The fourth-order valence-electron chi connectivity index (χ4n) is 3.46. The predicted molar refractivity (Wildman–Crippen MR) is 124 cm³/mol. The average Bonchev–Trinajstić information content (AvgIpc) is 3.12. The number of ether oxygens (including phenoxy) is 2. The van der Waals surface area contributed by atoms with E-state index in [0.29, 0.717) is 13.1 Å². The summed E-state index contributed by atoms with van der Waals surface area (Å²) in [5.41, 5.74) is -1.31. The van der Waals surface area contributed by atoms with Crippen LogP contribution in [0, 0.1) is 5.41 Å². The molecule has 0 unspecified atom stereocenters. The van der Waals surface area contributed by atoms with Gasteiger partial charge in [-0.05, 0) is 32.9 Å². The van der Waals surface area contributed by atoms with Crippen molar-refractivity contribution in [1.82, 2.24) is 24.3 Å². The second kappa shape index (κ2) is 9.00. The largest absolute Gasteiger partial charge is 0.497 e. The van der Waals surface area contributed by atoms with Gasteiger partial charge in [0, 0.05) is 30.8 Å². The van der Waals surface area contributed by atoms with Crippen LogP contribution in [-0.4, -0.2) is 62.8 Å². The molecular formula is C21H25F5N6O4S. The molecule has 0 bridgehead atoms. The van der Waals surface area contributed by atoms with Crippen molar-refractivity contribution < 1.29 is 38.5 Å². The first-order chi connectivity index (χ1) is 17.0. The van der Waals surface area contributed by atoms with Crippen LogP contribution in [0.25, 0.3) is 5.65 Å². The highest BCUT2D eigenvalue weighted by atomic mass is 32.5. The first-order valence-electron chi connectivity index (χ1n) is 11.0. The molecule has 0 aliphatic carbocycles. The Labute approximate surface area is 207 Å². The van der Waals surface area contributed by atoms with Crippen molar-refractivity contribution in [1.29, 1.82) is 5.41 Å². The van der Waals surface area contributed by atoms with Crippen molar-refractivity contribution in [2.45, 2.75) is 32.2 Å². The summed E-state index contributed by atoms with van der Waals surface area (Å²) < 4.78 is 78.8. The fraction of sp³-hybridized carbons (Fsp3) is 0.381. The lowest BCUT2D eigenvalue weighted by Crippen LogP contribution is -2.31. The van der Waals surface area contributed by atoms with E-state index in [1.54, 1.807) is 20.8 Å². The Morgan fingerprint density at radius 3 is 2.22 bits per heavy atom. The molecule has 0 aliphatic heterocycles. The zero-order valence-electron chi connectivity index (χ0n) is 20.3. The number of aromatic nitrogens is 4. The summed E-state index contributed by atoms with van der Waals surface area (Å²) in [6, 6.07) is 2.35. The number of amides is 1. The predicted octanol–water partition coefficient (Wildman–Crippen LogP) is 4.44. The number of nitrogens with one attached hydrogen (secondary N) is 1. The number of methoxy groups -OCH3 is 1. The van der Waals surface area contributed by atoms with Gasteiger partial charge >= 0.3 is 10.2 Å². The Hall–Kier alpha value is -3.69. The maximum atomic E-state index is 13.4. The first kappa shape index (κ1) is 27.9. The van der Waals surface area contributed by atoms with Gasteiger partial charge in [0.15, 0.2) is 11.4 Å². The lowest BCUT2D eigenvalue weighted by molar-refractivity contribution is 0.0773. The Kier molecular flexibility index (Phi) is 6.79. The van der Waals surface area contributed by atoms with Crippen LogP contribution in [0.1, 0.15) is 41.5 Å². The Bertz CT molecular complexity index is 1430. The number of carbonyl (C=O) groups excluding carboxylic acids is 2. The summed E-state index contributed by atoms with van der Waals surface area (Å²) >= 11 is 0. The number of carbonyl (C=O) groups is 2. The van der Waals surface area contributed by atoms with Crippen LogP contribution in [0.3, 0.4) is 0 Å². The second-order valence-electron chi connectivity index (χ2n) is 7.81. The van der Waals surface area contributed by atoms with Crippen molar-refractivity contribution >= 4 is 27.6 Å². The zero-order chi connectivity index (χ0) is 27.8. The van der Waals surface area contributed by atoms with Crippen molar-refractivity contribution in [3.05, 3.63) is 41.0 Å². The molecule has 1 amide bonds. The van der Waals surface area contributed by atoms with Crippen molar-refractivity contribution in [3.8, 4) is 11.6 Å². The number of rotatable bonds is 10. The van der Waals surface area contributed by atoms with Crippen molar-refractivity contribution in [2.75, 3.05) is 26.8 Å². The Balaban J connectivity index is 2.12. The van der Waals surface area contributed by atoms with Gasteiger partial charge < -0.3 is 14.4 Å². The molecule has 0 spiro atoms. The Morgan fingerprint density at radius 1 is 1.03 bits per heavy atom. The minimum atomic E-state index is -10.1. The van der Waals surface area contributed by atoms with Crippen LogP contribution in [0.4, 0.5) is 19.4 Å². The molecule has 1 N–H and O–H groups in total. The van der Waals surface area contributed by atoms with Gasteiger partial charge in [-0.3, -0.25) is 15.0 Å². The van der Waals surface area contributed by atoms with Crippen LogP contribution < -0.4 is 15.1 Å². The van der Waals surface area contributed by atoms with Crippen LogP contribution in [0.5, 0.6) is 11.6 Å². The van der Waals surface area contributed by atoms with E-state index in [9.17, 15) is 29.0 Å². The molecule has 2 aromatic heterocycles. The molecule has 204 valence electrons. The van der Waals surface area contributed by atoms with Gasteiger partial charge in [0.2, 0.25) is 11.5 Å². The van der Waals surface area contributed by atoms with Gasteiger partial charge in [0.05, 0.1) is 19.3 Å². The molecule has 0 aliphatic rings. The zero-order valence-corrected chi connectivity index (χ0v) is 21.1. The minimum absolute atomic E-state index is 0.00296. The number of hydrogen-bond acceptors (Lipinski definition) is 7. The number of nitrogens with zero attached hydrogens (tertiary/aromatic N) is 5. The number of fused-ring (bicyclic) bond motifs is 1. The van der Waals surface area contributed by atoms with E-state index in [1.807, 2.05) is 0 Å². The topological polar surface area (TPSA) is 115 Å². The number of halogens is 5. The number of benzene rings is 1. The van der Waals surface area contributed by atoms with Crippen LogP contribution in [0.15, 0.2) is 29.2 Å². The minimum Gasteiger partial charge on any atom is -0.497 e. The third-order valence-corrected chi connectivity index (χ3v) is 6.44. The molecule has 0 atom stereocenters. The van der Waals surface area contributed by atoms with Crippen molar-refractivity contribution in [2.24, 2.45) is 0 Å². The lowest BCUT2D eigenvalue weighted by atomic mass is 10.1. The van der Waals surface area contributed by atoms with Gasteiger partial charge in [0.25, 0.3) is 5.91 Å². The molecule has 0 fully saturated rings. The van der Waals surface area contributed by atoms with E-state index in [-0.39, 0.29) is 35.8 Å². The van der Waals surface area contributed by atoms with Crippen LogP contribution in [0.2, 0.25) is 0 Å². The molecule has 37 heavy (non-hydrogen) atoms. The summed E-state index contributed by atoms with van der Waals surface area (Å²) in [6.07, 6.45) is 0. The lowest BCUT2D eigenvalue weighted by Gasteiger charge is -2.40. The van der Waals surface area contributed by atoms with Crippen LogP contribution >= 0.6 is 10.2 Å². The second-order valence-corrected chi connectivity index (χ2v) is 10.2.